The first-order valence-corrected chi connectivity index (χ1v) is 12.6. The normalized spacial score (nSPS) is 15.3. The monoisotopic (exact) mass is 440 g/mol. The number of benzene rings is 1. The topological polar surface area (TPSA) is 58.1 Å². The van der Waals surface area contributed by atoms with Crippen molar-refractivity contribution < 1.29 is 4.79 Å². The van der Waals surface area contributed by atoms with Crippen molar-refractivity contribution in [2.75, 3.05) is 24.2 Å². The molecule has 2 aromatic heterocycles. The minimum Gasteiger partial charge on any atom is -0.356 e. The highest BCUT2D eigenvalue weighted by molar-refractivity contribution is 7.98. The number of nitrogens with zero attached hydrogens (tertiary/aromatic N) is 3. The molecule has 1 aliphatic heterocycles. The number of nitrogens with one attached hydrogen (secondary N) is 1. The molecular formula is C23H28N4OS2. The molecular weight excluding hydrogens is 412 g/mol. The predicted octanol–water partition coefficient (Wildman–Crippen LogP) is 5.15. The summed E-state index contributed by atoms with van der Waals surface area (Å²) in [5.41, 5.74) is 1.30. The number of hydrogen-bond acceptors (Lipinski definition) is 6. The molecule has 7 heteroatoms. The lowest BCUT2D eigenvalue weighted by Gasteiger charge is -2.28. The van der Waals surface area contributed by atoms with Crippen LogP contribution < -0.4 is 10.2 Å². The summed E-state index contributed by atoms with van der Waals surface area (Å²) >= 11 is 3.02. The van der Waals surface area contributed by atoms with Gasteiger partial charge in [-0.05, 0) is 56.9 Å². The van der Waals surface area contributed by atoms with E-state index in [-0.39, 0.29) is 11.9 Å². The molecule has 1 aliphatic rings. The summed E-state index contributed by atoms with van der Waals surface area (Å²) in [5.74, 6) is 0.963. The predicted molar refractivity (Wildman–Crippen MR) is 127 cm³/mol. The van der Waals surface area contributed by atoms with Crippen LogP contribution in [0, 0.1) is 0 Å². The van der Waals surface area contributed by atoms with Crippen molar-refractivity contribution in [1.82, 2.24) is 15.3 Å². The minimum atomic E-state index is -0.0196. The molecule has 1 amide bonds. The first-order valence-electron chi connectivity index (χ1n) is 10.6. The third kappa shape index (κ3) is 4.95. The van der Waals surface area contributed by atoms with Crippen LogP contribution in [0.4, 0.5) is 5.82 Å². The Balaban J connectivity index is 1.50. The number of amides is 1. The molecule has 4 rings (SSSR count). The van der Waals surface area contributed by atoms with E-state index in [2.05, 4.69) is 46.4 Å². The van der Waals surface area contributed by atoms with Crippen LogP contribution in [0.15, 0.2) is 41.6 Å². The number of piperidine rings is 1. The molecule has 3 aromatic rings. The van der Waals surface area contributed by atoms with E-state index in [1.165, 1.54) is 36.2 Å². The highest BCUT2D eigenvalue weighted by Gasteiger charge is 2.21. The zero-order valence-corrected chi connectivity index (χ0v) is 19.2. The number of hydrogen-bond donors (Lipinski definition) is 1. The van der Waals surface area contributed by atoms with E-state index in [9.17, 15) is 4.79 Å². The summed E-state index contributed by atoms with van der Waals surface area (Å²) < 4.78 is 0. The second kappa shape index (κ2) is 9.79. The lowest BCUT2D eigenvalue weighted by Crippen LogP contribution is -2.32. The molecule has 0 aliphatic carbocycles. The van der Waals surface area contributed by atoms with Gasteiger partial charge in [0.15, 0.2) is 5.16 Å². The SMILES string of the molecule is CSc1nc(N2CCCCC2)c2cc(C(=O)N[C@@H](C)CCc3ccccc3)sc2n1. The summed E-state index contributed by atoms with van der Waals surface area (Å²) in [7, 11) is 0. The van der Waals surface area contributed by atoms with E-state index < -0.39 is 0 Å². The molecule has 0 radical (unpaired) electrons. The van der Waals surface area contributed by atoms with Gasteiger partial charge in [-0.25, -0.2) is 9.97 Å². The van der Waals surface area contributed by atoms with Crippen molar-refractivity contribution in [3.63, 3.8) is 0 Å². The third-order valence-corrected chi connectivity index (χ3v) is 7.08. The van der Waals surface area contributed by atoms with Gasteiger partial charge in [0.05, 0.1) is 10.3 Å². The first kappa shape index (κ1) is 21.1. The Bertz CT molecular complexity index is 999. The van der Waals surface area contributed by atoms with Gasteiger partial charge in [-0.1, -0.05) is 42.1 Å². The lowest BCUT2D eigenvalue weighted by atomic mass is 10.1. The van der Waals surface area contributed by atoms with E-state index in [1.807, 2.05) is 18.4 Å². The molecule has 0 unspecified atom stereocenters. The third-order valence-electron chi connectivity index (χ3n) is 5.50. The van der Waals surface area contributed by atoms with Gasteiger partial charge in [-0.15, -0.1) is 11.3 Å². The van der Waals surface area contributed by atoms with Crippen LogP contribution in [0.3, 0.4) is 0 Å². The Morgan fingerprint density at radius 3 is 2.70 bits per heavy atom. The Labute approximate surface area is 186 Å². The number of anilines is 1. The standard InChI is InChI=1S/C23H28N4OS2/c1-16(11-12-17-9-5-3-6-10-17)24-21(28)19-15-18-20(27-13-7-4-8-14-27)25-23(29-2)26-22(18)30-19/h3,5-6,9-10,15-16H,4,7-8,11-14H2,1-2H3,(H,24,28)/t16-/m0/s1. The van der Waals surface area contributed by atoms with Gasteiger partial charge in [0.1, 0.15) is 10.6 Å². The molecule has 5 nitrogen and oxygen atoms in total. The minimum absolute atomic E-state index is 0.0196. The van der Waals surface area contributed by atoms with E-state index in [4.69, 9.17) is 4.98 Å². The number of thiophene rings is 1. The zero-order chi connectivity index (χ0) is 20.9. The Kier molecular flexibility index (Phi) is 6.89. The zero-order valence-electron chi connectivity index (χ0n) is 17.6. The second-order valence-corrected chi connectivity index (χ2v) is 9.61. The number of carbonyl (C=O) groups excluding carboxylic acids is 1. The fourth-order valence-corrected chi connectivity index (χ4v) is 5.18. The van der Waals surface area contributed by atoms with Crippen LogP contribution in [-0.2, 0) is 6.42 Å². The molecule has 1 aromatic carbocycles. The van der Waals surface area contributed by atoms with Gasteiger partial charge in [0.25, 0.3) is 5.91 Å². The van der Waals surface area contributed by atoms with Crippen LogP contribution in [0.5, 0.6) is 0 Å². The van der Waals surface area contributed by atoms with E-state index in [0.29, 0.717) is 4.88 Å². The molecule has 0 saturated carbocycles. The van der Waals surface area contributed by atoms with Gasteiger partial charge < -0.3 is 10.2 Å². The smallest absolute Gasteiger partial charge is 0.261 e. The Morgan fingerprint density at radius 2 is 1.97 bits per heavy atom. The first-order chi connectivity index (χ1) is 14.6. The second-order valence-electron chi connectivity index (χ2n) is 7.81. The maximum Gasteiger partial charge on any atom is 0.261 e. The summed E-state index contributed by atoms with van der Waals surface area (Å²) in [6, 6.07) is 12.5. The fraction of sp³-hybridized carbons (Fsp3) is 0.435. The Hall–Kier alpha value is -2.12. The van der Waals surface area contributed by atoms with Crippen LogP contribution in [0.2, 0.25) is 0 Å². The summed E-state index contributed by atoms with van der Waals surface area (Å²) in [6.45, 7) is 4.11. The van der Waals surface area contributed by atoms with Crippen LogP contribution in [0.25, 0.3) is 10.2 Å². The van der Waals surface area contributed by atoms with Crippen molar-refractivity contribution in [3.05, 3.63) is 46.8 Å². The van der Waals surface area contributed by atoms with Crippen molar-refractivity contribution in [1.29, 1.82) is 0 Å². The van der Waals surface area contributed by atoms with E-state index in [1.54, 1.807) is 11.8 Å². The maximum atomic E-state index is 12.9. The molecule has 158 valence electrons. The van der Waals surface area contributed by atoms with Crippen molar-refractivity contribution in [2.45, 2.75) is 50.2 Å². The van der Waals surface area contributed by atoms with Crippen LogP contribution in [0.1, 0.15) is 47.8 Å². The van der Waals surface area contributed by atoms with Gasteiger partial charge in [-0.3, -0.25) is 4.79 Å². The highest BCUT2D eigenvalue weighted by atomic mass is 32.2. The Morgan fingerprint density at radius 1 is 1.20 bits per heavy atom. The average Bonchev–Trinajstić information content (AvgIpc) is 3.22. The van der Waals surface area contributed by atoms with Crippen LogP contribution in [-0.4, -0.2) is 41.3 Å². The molecule has 3 heterocycles. The quantitative estimate of drug-likeness (QED) is 0.406. The molecule has 1 N–H and O–H groups in total. The van der Waals surface area contributed by atoms with E-state index >= 15 is 0 Å². The highest BCUT2D eigenvalue weighted by Crippen LogP contribution is 2.34. The van der Waals surface area contributed by atoms with Crippen molar-refractivity contribution in [2.24, 2.45) is 0 Å². The summed E-state index contributed by atoms with van der Waals surface area (Å²) in [6.07, 6.45) is 7.52. The van der Waals surface area contributed by atoms with Gasteiger partial charge in [0.2, 0.25) is 0 Å². The molecule has 30 heavy (non-hydrogen) atoms. The largest absolute Gasteiger partial charge is 0.356 e. The van der Waals surface area contributed by atoms with Crippen LogP contribution >= 0.6 is 23.1 Å². The number of carbonyl (C=O) groups is 1. The van der Waals surface area contributed by atoms with Gasteiger partial charge >= 0.3 is 0 Å². The molecule has 1 saturated heterocycles. The van der Waals surface area contributed by atoms with Crippen molar-refractivity contribution in [3.8, 4) is 0 Å². The number of rotatable bonds is 7. The molecule has 1 atom stereocenters. The number of aryl methyl sites for hydroxylation is 1. The molecule has 0 spiro atoms. The summed E-state index contributed by atoms with van der Waals surface area (Å²) in [4.78, 5) is 26.3. The average molecular weight is 441 g/mol. The van der Waals surface area contributed by atoms with Crippen molar-refractivity contribution >= 4 is 45.0 Å². The number of aromatic nitrogens is 2. The number of thioether (sulfide) groups is 1. The fourth-order valence-electron chi connectivity index (χ4n) is 3.83. The van der Waals surface area contributed by atoms with Gasteiger partial charge in [-0.2, -0.15) is 0 Å². The van der Waals surface area contributed by atoms with E-state index in [0.717, 1.165) is 47.1 Å². The van der Waals surface area contributed by atoms with Gasteiger partial charge in [0, 0.05) is 19.1 Å². The molecule has 1 fully saturated rings. The lowest BCUT2D eigenvalue weighted by molar-refractivity contribution is 0.0942. The summed E-state index contributed by atoms with van der Waals surface area (Å²) in [5, 5.41) is 4.93. The maximum absolute atomic E-state index is 12.9. The molecule has 0 bridgehead atoms. The number of fused-ring (bicyclic) bond motifs is 1.